The van der Waals surface area contributed by atoms with Crippen molar-refractivity contribution in [1.82, 2.24) is 14.8 Å². The van der Waals surface area contributed by atoms with Gasteiger partial charge in [0, 0.05) is 24.2 Å². The van der Waals surface area contributed by atoms with Gasteiger partial charge in [0.25, 0.3) is 0 Å². The Labute approximate surface area is 135 Å². The van der Waals surface area contributed by atoms with Gasteiger partial charge in [-0.05, 0) is 44.0 Å². The molecule has 3 rings (SSSR count). The molecule has 0 spiro atoms. The zero-order chi connectivity index (χ0) is 14.1. The van der Waals surface area contributed by atoms with Crippen LogP contribution in [0.15, 0.2) is 24.3 Å². The van der Waals surface area contributed by atoms with Crippen molar-refractivity contribution in [2.45, 2.75) is 25.8 Å². The van der Waals surface area contributed by atoms with Crippen LogP contribution in [-0.4, -0.2) is 33.9 Å². The summed E-state index contributed by atoms with van der Waals surface area (Å²) in [5, 5.41) is 9.27. The van der Waals surface area contributed by atoms with E-state index in [4.69, 9.17) is 17.3 Å². The van der Waals surface area contributed by atoms with E-state index < -0.39 is 0 Å². The van der Waals surface area contributed by atoms with Crippen molar-refractivity contribution in [1.29, 1.82) is 0 Å². The Balaban J connectivity index is 0.00000161. The highest BCUT2D eigenvalue weighted by atomic mass is 35.5. The molecule has 0 radical (unpaired) electrons. The Hall–Kier alpha value is -1.30. The highest BCUT2D eigenvalue weighted by Gasteiger charge is 2.22. The Morgan fingerprint density at radius 2 is 1.76 bits per heavy atom. The second-order valence-corrected chi connectivity index (χ2v) is 5.62. The van der Waals surface area contributed by atoms with Gasteiger partial charge in [0.15, 0.2) is 0 Å². The average molecular weight is 328 g/mol. The van der Waals surface area contributed by atoms with Crippen LogP contribution in [-0.2, 0) is 0 Å². The lowest BCUT2D eigenvalue weighted by molar-refractivity contribution is 0.494. The molecular formula is C14H19Cl2N5. The lowest BCUT2D eigenvalue weighted by atomic mass is 10.1. The molecule has 0 saturated carbocycles. The minimum Gasteiger partial charge on any atom is -0.340 e. The van der Waals surface area contributed by atoms with Gasteiger partial charge in [-0.2, -0.15) is 0 Å². The molecule has 2 N–H and O–H groups in total. The number of rotatable bonds is 2. The first-order valence-electron chi connectivity index (χ1n) is 6.83. The maximum absolute atomic E-state index is 5.96. The molecule has 7 heteroatoms. The molecule has 0 unspecified atom stereocenters. The predicted molar refractivity (Wildman–Crippen MR) is 87.8 cm³/mol. The Morgan fingerprint density at radius 1 is 1.14 bits per heavy atom. The second-order valence-electron chi connectivity index (χ2n) is 5.18. The molecular weight excluding hydrogens is 309 g/mol. The van der Waals surface area contributed by atoms with Crippen LogP contribution in [0.25, 0.3) is 5.69 Å². The molecule has 0 bridgehead atoms. The van der Waals surface area contributed by atoms with Crippen molar-refractivity contribution < 1.29 is 0 Å². The van der Waals surface area contributed by atoms with Crippen molar-refractivity contribution in [2.24, 2.45) is 5.73 Å². The number of nitrogens with zero attached hydrogens (tertiary/aromatic N) is 4. The monoisotopic (exact) mass is 327 g/mol. The summed E-state index contributed by atoms with van der Waals surface area (Å²) < 4.78 is 2.06. The third kappa shape index (κ3) is 3.31. The summed E-state index contributed by atoms with van der Waals surface area (Å²) in [7, 11) is 0. The summed E-state index contributed by atoms with van der Waals surface area (Å²) in [5.41, 5.74) is 6.99. The van der Waals surface area contributed by atoms with Crippen LogP contribution in [0.4, 0.5) is 5.95 Å². The van der Waals surface area contributed by atoms with Crippen molar-refractivity contribution in [3.05, 3.63) is 35.1 Å². The molecule has 114 valence electrons. The van der Waals surface area contributed by atoms with E-state index >= 15 is 0 Å². The number of hydrogen-bond donors (Lipinski definition) is 1. The van der Waals surface area contributed by atoms with Crippen molar-refractivity contribution in [3.63, 3.8) is 0 Å². The fraction of sp³-hybridized carbons (Fsp3) is 0.429. The van der Waals surface area contributed by atoms with Gasteiger partial charge in [-0.1, -0.05) is 11.6 Å². The highest BCUT2D eigenvalue weighted by Crippen LogP contribution is 2.23. The summed E-state index contributed by atoms with van der Waals surface area (Å²) in [5.74, 6) is 1.76. The Morgan fingerprint density at radius 3 is 2.38 bits per heavy atom. The van der Waals surface area contributed by atoms with E-state index in [-0.39, 0.29) is 12.4 Å². The predicted octanol–water partition coefficient (Wildman–Crippen LogP) is 2.58. The van der Waals surface area contributed by atoms with Gasteiger partial charge in [-0.15, -0.1) is 22.6 Å². The number of aromatic nitrogens is 3. The number of anilines is 1. The van der Waals surface area contributed by atoms with E-state index in [1.54, 1.807) is 0 Å². The maximum Gasteiger partial charge on any atom is 0.231 e. The fourth-order valence-electron chi connectivity index (χ4n) is 2.55. The minimum atomic E-state index is 0. The Bertz CT molecular complexity index is 588. The van der Waals surface area contributed by atoms with E-state index in [1.165, 1.54) is 0 Å². The SMILES string of the molecule is Cc1nnc(N2CCC(N)CC2)n1-c1ccc(Cl)cc1.Cl. The van der Waals surface area contributed by atoms with Crippen LogP contribution in [0, 0.1) is 6.92 Å². The lowest BCUT2D eigenvalue weighted by Crippen LogP contribution is -2.40. The number of halogens is 2. The lowest BCUT2D eigenvalue weighted by Gasteiger charge is -2.31. The molecule has 1 aromatic heterocycles. The number of aryl methyl sites for hydroxylation is 1. The van der Waals surface area contributed by atoms with Crippen LogP contribution < -0.4 is 10.6 Å². The van der Waals surface area contributed by atoms with Crippen LogP contribution in [0.2, 0.25) is 5.02 Å². The fourth-order valence-corrected chi connectivity index (χ4v) is 2.67. The molecule has 2 aromatic rings. The molecule has 1 aliphatic rings. The molecule has 1 aromatic carbocycles. The van der Waals surface area contributed by atoms with E-state index in [0.717, 1.165) is 48.4 Å². The van der Waals surface area contributed by atoms with E-state index in [9.17, 15) is 0 Å². The van der Waals surface area contributed by atoms with Crippen molar-refractivity contribution >= 4 is 30.0 Å². The first-order chi connectivity index (χ1) is 9.65. The van der Waals surface area contributed by atoms with Crippen LogP contribution in [0.1, 0.15) is 18.7 Å². The third-order valence-corrected chi connectivity index (χ3v) is 3.97. The smallest absolute Gasteiger partial charge is 0.231 e. The Kier molecular flexibility index (Phi) is 5.08. The molecule has 0 atom stereocenters. The molecule has 1 saturated heterocycles. The zero-order valence-corrected chi connectivity index (χ0v) is 13.4. The summed E-state index contributed by atoms with van der Waals surface area (Å²) >= 11 is 5.95. The van der Waals surface area contributed by atoms with Gasteiger partial charge in [0.1, 0.15) is 5.82 Å². The van der Waals surface area contributed by atoms with Crippen molar-refractivity contribution in [2.75, 3.05) is 18.0 Å². The molecule has 5 nitrogen and oxygen atoms in total. The van der Waals surface area contributed by atoms with E-state index in [1.807, 2.05) is 31.2 Å². The normalized spacial score (nSPS) is 15.9. The largest absolute Gasteiger partial charge is 0.340 e. The van der Waals surface area contributed by atoms with Gasteiger partial charge in [0.05, 0.1) is 5.69 Å². The van der Waals surface area contributed by atoms with Gasteiger partial charge in [-0.3, -0.25) is 4.57 Å². The summed E-state index contributed by atoms with van der Waals surface area (Å²) in [6.07, 6.45) is 1.99. The quantitative estimate of drug-likeness (QED) is 0.920. The van der Waals surface area contributed by atoms with Gasteiger partial charge < -0.3 is 10.6 Å². The summed E-state index contributed by atoms with van der Waals surface area (Å²) in [6, 6.07) is 8.04. The molecule has 1 fully saturated rings. The zero-order valence-electron chi connectivity index (χ0n) is 11.9. The van der Waals surface area contributed by atoms with Crippen LogP contribution in [0.5, 0.6) is 0 Å². The maximum atomic E-state index is 5.96. The topological polar surface area (TPSA) is 60.0 Å². The standard InChI is InChI=1S/C14H18ClN5.ClH/c1-10-17-18-14(19-8-6-12(16)7-9-19)20(10)13-4-2-11(15)3-5-13;/h2-5,12H,6-9,16H2,1H3;1H. The van der Waals surface area contributed by atoms with E-state index in [0.29, 0.717) is 6.04 Å². The summed E-state index contributed by atoms with van der Waals surface area (Å²) in [4.78, 5) is 2.25. The number of piperidine rings is 1. The molecule has 0 amide bonds. The molecule has 1 aliphatic heterocycles. The first-order valence-corrected chi connectivity index (χ1v) is 7.21. The molecule has 0 aliphatic carbocycles. The van der Waals surface area contributed by atoms with E-state index in [2.05, 4.69) is 19.7 Å². The van der Waals surface area contributed by atoms with Gasteiger partial charge >= 0.3 is 0 Å². The van der Waals surface area contributed by atoms with Gasteiger partial charge in [0.2, 0.25) is 5.95 Å². The highest BCUT2D eigenvalue weighted by molar-refractivity contribution is 6.30. The van der Waals surface area contributed by atoms with Gasteiger partial charge in [-0.25, -0.2) is 0 Å². The third-order valence-electron chi connectivity index (χ3n) is 3.72. The molecule has 2 heterocycles. The number of nitrogens with two attached hydrogens (primary N) is 1. The number of hydrogen-bond acceptors (Lipinski definition) is 4. The summed E-state index contributed by atoms with van der Waals surface area (Å²) in [6.45, 7) is 3.81. The minimum absolute atomic E-state index is 0. The van der Waals surface area contributed by atoms with Crippen LogP contribution >= 0.6 is 24.0 Å². The first kappa shape index (κ1) is 16.1. The van der Waals surface area contributed by atoms with Crippen LogP contribution in [0.3, 0.4) is 0 Å². The number of benzene rings is 1. The average Bonchev–Trinajstić information content (AvgIpc) is 2.83. The molecule has 21 heavy (non-hydrogen) atoms. The van der Waals surface area contributed by atoms with Crippen molar-refractivity contribution in [3.8, 4) is 5.69 Å². The second kappa shape index (κ2) is 6.64.